The summed E-state index contributed by atoms with van der Waals surface area (Å²) in [6.45, 7) is 8.98. The first-order valence-electron chi connectivity index (χ1n) is 7.15. The van der Waals surface area contributed by atoms with E-state index in [1.54, 1.807) is 0 Å². The zero-order chi connectivity index (χ0) is 12.7. The fraction of sp³-hybridized carbons (Fsp3) is 1.00. The van der Waals surface area contributed by atoms with E-state index in [1.807, 2.05) is 0 Å². The van der Waals surface area contributed by atoms with Crippen molar-refractivity contribution in [1.29, 1.82) is 0 Å². The van der Waals surface area contributed by atoms with Crippen molar-refractivity contribution in [2.24, 2.45) is 11.7 Å². The van der Waals surface area contributed by atoms with Gasteiger partial charge in [-0.2, -0.15) is 0 Å². The molecule has 17 heavy (non-hydrogen) atoms. The van der Waals surface area contributed by atoms with Crippen LogP contribution in [0.25, 0.3) is 0 Å². The van der Waals surface area contributed by atoms with E-state index in [9.17, 15) is 0 Å². The van der Waals surface area contributed by atoms with Gasteiger partial charge in [0.15, 0.2) is 0 Å². The van der Waals surface area contributed by atoms with Gasteiger partial charge in [0, 0.05) is 25.9 Å². The molecule has 1 fully saturated rings. The molecule has 1 rings (SSSR count). The van der Waals surface area contributed by atoms with E-state index in [-0.39, 0.29) is 11.6 Å². The fourth-order valence-corrected chi connectivity index (χ4v) is 2.93. The summed E-state index contributed by atoms with van der Waals surface area (Å²) in [4.78, 5) is 0. The highest BCUT2D eigenvalue weighted by Crippen LogP contribution is 2.30. The van der Waals surface area contributed by atoms with Crippen LogP contribution in [-0.4, -0.2) is 31.5 Å². The van der Waals surface area contributed by atoms with Crippen LogP contribution in [0, 0.1) is 5.92 Å². The van der Waals surface area contributed by atoms with Gasteiger partial charge in [-0.3, -0.25) is 0 Å². The SMILES string of the molecule is CCOC(CC)(CC)C(N)CC1CCOCC1. The van der Waals surface area contributed by atoms with E-state index in [2.05, 4.69) is 20.8 Å². The van der Waals surface area contributed by atoms with E-state index in [0.29, 0.717) is 0 Å². The second-order valence-electron chi connectivity index (χ2n) is 5.10. The standard InChI is InChI=1S/C14H29NO2/c1-4-14(5-2,17-6-3)13(15)11-12-7-9-16-10-8-12/h12-13H,4-11,15H2,1-3H3. The number of rotatable bonds is 7. The topological polar surface area (TPSA) is 44.5 Å². The number of hydrogen-bond acceptors (Lipinski definition) is 3. The van der Waals surface area contributed by atoms with Crippen molar-refractivity contribution in [3.05, 3.63) is 0 Å². The molecule has 1 aliphatic rings. The number of hydrogen-bond donors (Lipinski definition) is 1. The van der Waals surface area contributed by atoms with Crippen molar-refractivity contribution < 1.29 is 9.47 Å². The smallest absolute Gasteiger partial charge is 0.0827 e. The summed E-state index contributed by atoms with van der Waals surface area (Å²) in [5.41, 5.74) is 6.31. The van der Waals surface area contributed by atoms with Gasteiger partial charge in [0.25, 0.3) is 0 Å². The van der Waals surface area contributed by atoms with E-state index in [4.69, 9.17) is 15.2 Å². The molecular weight excluding hydrogens is 214 g/mol. The maximum Gasteiger partial charge on any atom is 0.0827 e. The van der Waals surface area contributed by atoms with Crippen molar-refractivity contribution in [3.63, 3.8) is 0 Å². The first-order valence-corrected chi connectivity index (χ1v) is 7.15. The van der Waals surface area contributed by atoms with Gasteiger partial charge in [0.1, 0.15) is 0 Å². The van der Waals surface area contributed by atoms with Gasteiger partial charge in [0.05, 0.1) is 5.60 Å². The Bertz CT molecular complexity index is 198. The molecule has 0 aromatic carbocycles. The summed E-state index contributed by atoms with van der Waals surface area (Å²) in [7, 11) is 0. The summed E-state index contributed by atoms with van der Waals surface area (Å²) in [6, 6.07) is 0.153. The molecule has 0 saturated carbocycles. The summed E-state index contributed by atoms with van der Waals surface area (Å²) in [5, 5.41) is 0. The minimum atomic E-state index is -0.118. The molecule has 0 aromatic heterocycles. The molecule has 3 heteroatoms. The minimum absolute atomic E-state index is 0.118. The molecule has 3 nitrogen and oxygen atoms in total. The maximum atomic E-state index is 6.43. The van der Waals surface area contributed by atoms with Gasteiger partial charge in [-0.1, -0.05) is 13.8 Å². The van der Waals surface area contributed by atoms with E-state index in [1.165, 1.54) is 0 Å². The average molecular weight is 243 g/mol. The molecule has 0 aromatic rings. The molecule has 102 valence electrons. The van der Waals surface area contributed by atoms with Crippen molar-refractivity contribution in [1.82, 2.24) is 0 Å². The van der Waals surface area contributed by atoms with Gasteiger partial charge in [0.2, 0.25) is 0 Å². The number of ether oxygens (including phenoxy) is 2. The van der Waals surface area contributed by atoms with Crippen LogP contribution in [0.3, 0.4) is 0 Å². The maximum absolute atomic E-state index is 6.43. The summed E-state index contributed by atoms with van der Waals surface area (Å²) in [5.74, 6) is 0.719. The first-order chi connectivity index (χ1) is 8.18. The lowest BCUT2D eigenvalue weighted by Gasteiger charge is -2.39. The van der Waals surface area contributed by atoms with Crippen molar-refractivity contribution >= 4 is 0 Å². The molecule has 0 bridgehead atoms. The number of nitrogens with two attached hydrogens (primary N) is 1. The highest BCUT2D eigenvalue weighted by atomic mass is 16.5. The average Bonchev–Trinajstić information content (AvgIpc) is 2.37. The summed E-state index contributed by atoms with van der Waals surface area (Å²) in [6.07, 6.45) is 5.39. The third-order valence-electron chi connectivity index (χ3n) is 4.23. The Labute approximate surface area is 106 Å². The van der Waals surface area contributed by atoms with Crippen molar-refractivity contribution in [2.75, 3.05) is 19.8 Å². The van der Waals surface area contributed by atoms with Crippen molar-refractivity contribution in [3.8, 4) is 0 Å². The van der Waals surface area contributed by atoms with Gasteiger partial charge in [-0.25, -0.2) is 0 Å². The highest BCUT2D eigenvalue weighted by Gasteiger charge is 2.35. The zero-order valence-electron chi connectivity index (χ0n) is 11.7. The van der Waals surface area contributed by atoms with Crippen LogP contribution >= 0.6 is 0 Å². The lowest BCUT2D eigenvalue weighted by Crippen LogP contribution is -2.50. The van der Waals surface area contributed by atoms with Gasteiger partial charge in [-0.05, 0) is 44.9 Å². The van der Waals surface area contributed by atoms with Crippen LogP contribution in [0.2, 0.25) is 0 Å². The third-order valence-corrected chi connectivity index (χ3v) is 4.23. The van der Waals surface area contributed by atoms with Crippen LogP contribution in [-0.2, 0) is 9.47 Å². The molecule has 1 unspecified atom stereocenters. The Balaban J connectivity index is 2.53. The third kappa shape index (κ3) is 3.94. The van der Waals surface area contributed by atoms with E-state index < -0.39 is 0 Å². The molecule has 1 heterocycles. The lowest BCUT2D eigenvalue weighted by molar-refractivity contribution is -0.0709. The van der Waals surface area contributed by atoms with Crippen molar-refractivity contribution in [2.45, 2.75) is 64.5 Å². The molecule has 2 N–H and O–H groups in total. The first kappa shape index (κ1) is 14.9. The zero-order valence-corrected chi connectivity index (χ0v) is 11.7. The lowest BCUT2D eigenvalue weighted by atomic mass is 9.81. The molecule has 1 saturated heterocycles. The van der Waals surface area contributed by atoms with Crippen LogP contribution in [0.5, 0.6) is 0 Å². The Kier molecular flexibility index (Phi) is 6.45. The summed E-state index contributed by atoms with van der Waals surface area (Å²) >= 11 is 0. The Morgan fingerprint density at radius 3 is 2.29 bits per heavy atom. The highest BCUT2D eigenvalue weighted by molar-refractivity contribution is 4.91. The van der Waals surface area contributed by atoms with Crippen LogP contribution < -0.4 is 5.73 Å². The minimum Gasteiger partial charge on any atom is -0.381 e. The predicted molar refractivity (Wildman–Crippen MR) is 71.1 cm³/mol. The van der Waals surface area contributed by atoms with Gasteiger partial charge < -0.3 is 15.2 Å². The van der Waals surface area contributed by atoms with Gasteiger partial charge in [-0.15, -0.1) is 0 Å². The molecule has 1 aliphatic heterocycles. The normalized spacial score (nSPS) is 20.5. The largest absolute Gasteiger partial charge is 0.381 e. The molecule has 0 amide bonds. The van der Waals surface area contributed by atoms with E-state index in [0.717, 1.165) is 57.8 Å². The predicted octanol–water partition coefficient (Wildman–Crippen LogP) is 2.73. The molecule has 1 atom stereocenters. The second kappa shape index (κ2) is 7.34. The van der Waals surface area contributed by atoms with Crippen LogP contribution in [0.4, 0.5) is 0 Å². The Hall–Kier alpha value is -0.120. The van der Waals surface area contributed by atoms with Crippen LogP contribution in [0.15, 0.2) is 0 Å². The van der Waals surface area contributed by atoms with Gasteiger partial charge >= 0.3 is 0 Å². The Morgan fingerprint density at radius 2 is 1.82 bits per heavy atom. The second-order valence-corrected chi connectivity index (χ2v) is 5.10. The molecule has 0 spiro atoms. The molecule has 0 radical (unpaired) electrons. The molecule has 0 aliphatic carbocycles. The monoisotopic (exact) mass is 243 g/mol. The van der Waals surface area contributed by atoms with Crippen LogP contribution in [0.1, 0.15) is 52.9 Å². The van der Waals surface area contributed by atoms with E-state index >= 15 is 0 Å². The summed E-state index contributed by atoms with van der Waals surface area (Å²) < 4.78 is 11.4. The quantitative estimate of drug-likeness (QED) is 0.747. The fourth-order valence-electron chi connectivity index (χ4n) is 2.93. The molecular formula is C14H29NO2. The Morgan fingerprint density at radius 1 is 1.24 bits per heavy atom.